The van der Waals surface area contributed by atoms with Crippen molar-refractivity contribution < 1.29 is 4.74 Å². The lowest BCUT2D eigenvalue weighted by Crippen LogP contribution is -2.42. The van der Waals surface area contributed by atoms with Crippen molar-refractivity contribution in [1.29, 1.82) is 0 Å². The third kappa shape index (κ3) is 7.87. The number of unbranched alkanes of at least 4 members (excludes halogenated alkanes) is 2. The lowest BCUT2D eigenvalue weighted by molar-refractivity contribution is 0.0264. The van der Waals surface area contributed by atoms with Gasteiger partial charge in [0.05, 0.1) is 6.10 Å². The highest BCUT2D eigenvalue weighted by Gasteiger charge is 2.13. The van der Waals surface area contributed by atoms with Crippen molar-refractivity contribution in [3.05, 3.63) is 12.2 Å². The van der Waals surface area contributed by atoms with Gasteiger partial charge in [0.25, 0.3) is 0 Å². The summed E-state index contributed by atoms with van der Waals surface area (Å²) in [4.78, 5) is 4.69. The van der Waals surface area contributed by atoms with Crippen LogP contribution < -0.4 is 10.6 Å². The van der Waals surface area contributed by atoms with Gasteiger partial charge in [0.1, 0.15) is 0 Å². The summed E-state index contributed by atoms with van der Waals surface area (Å²) in [5.74, 6) is 0.972. The van der Waals surface area contributed by atoms with Gasteiger partial charge in [-0.2, -0.15) is 0 Å². The molecule has 2 aliphatic carbocycles. The molecule has 0 radical (unpaired) electrons. The van der Waals surface area contributed by atoms with Gasteiger partial charge >= 0.3 is 0 Å². The maximum Gasteiger partial charge on any atom is 0.191 e. The zero-order chi connectivity index (χ0) is 16.2. The first-order chi connectivity index (χ1) is 11.4. The SMILES string of the molecule is CCNC(=NCCCCCOC1CCCCC1)NC1CC=CC1. The van der Waals surface area contributed by atoms with Gasteiger partial charge in [0, 0.05) is 25.7 Å². The topological polar surface area (TPSA) is 45.7 Å². The molecule has 0 amide bonds. The molecule has 0 saturated heterocycles. The lowest BCUT2D eigenvalue weighted by Gasteiger charge is -2.21. The predicted octanol–water partition coefficient (Wildman–Crippen LogP) is 3.78. The molecule has 0 aliphatic heterocycles. The molecule has 0 aromatic carbocycles. The first-order valence-electron chi connectivity index (χ1n) is 9.70. The first-order valence-corrected chi connectivity index (χ1v) is 9.70. The molecule has 1 saturated carbocycles. The number of nitrogens with zero attached hydrogens (tertiary/aromatic N) is 1. The van der Waals surface area contributed by atoms with E-state index in [1.807, 2.05) is 0 Å². The Morgan fingerprint density at radius 1 is 1.09 bits per heavy atom. The van der Waals surface area contributed by atoms with Crippen LogP contribution >= 0.6 is 0 Å². The highest BCUT2D eigenvalue weighted by atomic mass is 16.5. The van der Waals surface area contributed by atoms with Gasteiger partial charge in [0.15, 0.2) is 5.96 Å². The minimum atomic E-state index is 0.525. The van der Waals surface area contributed by atoms with E-state index in [4.69, 9.17) is 9.73 Å². The van der Waals surface area contributed by atoms with E-state index < -0.39 is 0 Å². The molecule has 0 heterocycles. The van der Waals surface area contributed by atoms with Gasteiger partial charge < -0.3 is 15.4 Å². The average molecular weight is 322 g/mol. The molecule has 0 aromatic rings. The van der Waals surface area contributed by atoms with Crippen LogP contribution in [0.2, 0.25) is 0 Å². The molecule has 4 heteroatoms. The van der Waals surface area contributed by atoms with E-state index in [0.29, 0.717) is 12.1 Å². The predicted molar refractivity (Wildman–Crippen MR) is 98.0 cm³/mol. The third-order valence-electron chi connectivity index (χ3n) is 4.67. The van der Waals surface area contributed by atoms with Crippen molar-refractivity contribution in [3.8, 4) is 0 Å². The smallest absolute Gasteiger partial charge is 0.191 e. The number of aliphatic imine (C=N–C) groups is 1. The Hall–Kier alpha value is -1.03. The van der Waals surface area contributed by atoms with Gasteiger partial charge in [-0.05, 0) is 51.9 Å². The maximum atomic E-state index is 5.97. The minimum Gasteiger partial charge on any atom is -0.378 e. The summed E-state index contributed by atoms with van der Waals surface area (Å²) < 4.78 is 5.97. The second-order valence-corrected chi connectivity index (χ2v) is 6.74. The molecule has 0 bridgehead atoms. The van der Waals surface area contributed by atoms with Crippen molar-refractivity contribution in [3.63, 3.8) is 0 Å². The van der Waals surface area contributed by atoms with Crippen molar-refractivity contribution >= 4 is 5.96 Å². The number of ether oxygens (including phenoxy) is 1. The fraction of sp³-hybridized carbons (Fsp3) is 0.842. The Bertz CT molecular complexity index is 354. The minimum absolute atomic E-state index is 0.525. The van der Waals surface area contributed by atoms with Crippen LogP contribution in [0, 0.1) is 0 Å². The van der Waals surface area contributed by atoms with Crippen LogP contribution in [0.25, 0.3) is 0 Å². The second kappa shape index (κ2) is 11.5. The molecule has 4 nitrogen and oxygen atoms in total. The fourth-order valence-electron chi connectivity index (χ4n) is 3.31. The van der Waals surface area contributed by atoms with Crippen molar-refractivity contribution in [2.24, 2.45) is 4.99 Å². The lowest BCUT2D eigenvalue weighted by atomic mass is 9.98. The number of hydrogen-bond donors (Lipinski definition) is 2. The molecule has 0 unspecified atom stereocenters. The number of guanidine groups is 1. The largest absolute Gasteiger partial charge is 0.378 e. The summed E-state index contributed by atoms with van der Waals surface area (Å²) in [6.07, 6.45) is 17.5. The Labute approximate surface area is 142 Å². The zero-order valence-electron chi connectivity index (χ0n) is 14.9. The maximum absolute atomic E-state index is 5.97. The summed E-state index contributed by atoms with van der Waals surface area (Å²) in [7, 11) is 0. The van der Waals surface area contributed by atoms with Crippen LogP contribution in [0.5, 0.6) is 0 Å². The van der Waals surface area contributed by atoms with E-state index in [0.717, 1.165) is 44.9 Å². The Morgan fingerprint density at radius 3 is 2.61 bits per heavy atom. The van der Waals surface area contributed by atoms with Crippen LogP contribution in [0.3, 0.4) is 0 Å². The van der Waals surface area contributed by atoms with Crippen molar-refractivity contribution in [1.82, 2.24) is 10.6 Å². The van der Waals surface area contributed by atoms with Crippen LogP contribution in [-0.4, -0.2) is 37.8 Å². The van der Waals surface area contributed by atoms with Crippen LogP contribution in [0.15, 0.2) is 17.1 Å². The number of nitrogens with one attached hydrogen (secondary N) is 2. The average Bonchev–Trinajstić information content (AvgIpc) is 3.08. The molecule has 23 heavy (non-hydrogen) atoms. The summed E-state index contributed by atoms with van der Waals surface area (Å²) >= 11 is 0. The molecule has 2 N–H and O–H groups in total. The van der Waals surface area contributed by atoms with Gasteiger partial charge in [-0.3, -0.25) is 4.99 Å². The quantitative estimate of drug-likeness (QED) is 0.294. The van der Waals surface area contributed by atoms with Gasteiger partial charge in [0.2, 0.25) is 0 Å². The van der Waals surface area contributed by atoms with Gasteiger partial charge in [-0.1, -0.05) is 31.4 Å². The standard InChI is InChI=1S/C19H35N3O/c1-2-20-19(22-17-11-7-8-12-17)21-15-9-4-10-16-23-18-13-5-3-6-14-18/h7-8,17-18H,2-6,9-16H2,1H3,(H2,20,21,22). The van der Waals surface area contributed by atoms with Crippen LogP contribution in [0.4, 0.5) is 0 Å². The Kier molecular flexibility index (Phi) is 9.15. The van der Waals surface area contributed by atoms with Crippen LogP contribution in [-0.2, 0) is 4.74 Å². The highest BCUT2D eigenvalue weighted by Crippen LogP contribution is 2.20. The number of hydrogen-bond acceptors (Lipinski definition) is 2. The van der Waals surface area contributed by atoms with E-state index in [2.05, 4.69) is 29.7 Å². The normalized spacial score (nSPS) is 20.1. The fourth-order valence-corrected chi connectivity index (χ4v) is 3.31. The molecule has 0 aromatic heterocycles. The summed E-state index contributed by atoms with van der Waals surface area (Å²) in [5.41, 5.74) is 0. The van der Waals surface area contributed by atoms with E-state index in [-0.39, 0.29) is 0 Å². The van der Waals surface area contributed by atoms with E-state index in [1.165, 1.54) is 44.9 Å². The summed E-state index contributed by atoms with van der Waals surface area (Å²) in [6.45, 7) is 4.87. The zero-order valence-corrected chi connectivity index (χ0v) is 14.9. The third-order valence-corrected chi connectivity index (χ3v) is 4.67. The molecule has 2 aliphatic rings. The Balaban J connectivity index is 1.50. The first kappa shape index (κ1) is 18.3. The highest BCUT2D eigenvalue weighted by molar-refractivity contribution is 5.80. The van der Waals surface area contributed by atoms with Crippen molar-refractivity contribution in [2.75, 3.05) is 19.7 Å². The molecular formula is C19H35N3O. The van der Waals surface area contributed by atoms with Gasteiger partial charge in [-0.15, -0.1) is 0 Å². The Morgan fingerprint density at radius 2 is 1.87 bits per heavy atom. The summed E-state index contributed by atoms with van der Waals surface area (Å²) in [6, 6.07) is 0.525. The molecule has 0 atom stereocenters. The molecule has 1 fully saturated rings. The van der Waals surface area contributed by atoms with Gasteiger partial charge in [-0.25, -0.2) is 0 Å². The summed E-state index contributed by atoms with van der Waals surface area (Å²) in [5, 5.41) is 6.85. The second-order valence-electron chi connectivity index (χ2n) is 6.74. The molecule has 0 spiro atoms. The monoisotopic (exact) mass is 321 g/mol. The van der Waals surface area contributed by atoms with E-state index >= 15 is 0 Å². The van der Waals surface area contributed by atoms with E-state index in [1.54, 1.807) is 0 Å². The molecule has 2 rings (SSSR count). The van der Waals surface area contributed by atoms with Crippen molar-refractivity contribution in [2.45, 2.75) is 83.3 Å². The molecular weight excluding hydrogens is 286 g/mol. The number of rotatable bonds is 9. The van der Waals surface area contributed by atoms with E-state index in [9.17, 15) is 0 Å². The molecule has 132 valence electrons. The van der Waals surface area contributed by atoms with Crippen LogP contribution in [0.1, 0.15) is 71.1 Å².